The second-order valence-corrected chi connectivity index (χ2v) is 7.55. The van der Waals surface area contributed by atoms with E-state index in [4.69, 9.17) is 9.72 Å². The lowest BCUT2D eigenvalue weighted by Crippen LogP contribution is -2.26. The van der Waals surface area contributed by atoms with Crippen LogP contribution in [0.4, 0.5) is 0 Å². The van der Waals surface area contributed by atoms with Gasteiger partial charge in [-0.05, 0) is 37.5 Å². The molecule has 3 aromatic rings. The summed E-state index contributed by atoms with van der Waals surface area (Å²) in [4.78, 5) is 20.0. The Morgan fingerprint density at radius 2 is 1.96 bits per heavy atom. The zero-order valence-corrected chi connectivity index (χ0v) is 16.3. The van der Waals surface area contributed by atoms with Crippen molar-refractivity contribution < 1.29 is 4.74 Å². The summed E-state index contributed by atoms with van der Waals surface area (Å²) in [6.45, 7) is 9.34. The first-order valence-electron chi connectivity index (χ1n) is 8.57. The van der Waals surface area contributed by atoms with Gasteiger partial charge in [0.2, 0.25) is 0 Å². The normalized spacial score (nSPS) is 11.4. The van der Waals surface area contributed by atoms with Crippen LogP contribution < -0.4 is 5.56 Å². The van der Waals surface area contributed by atoms with E-state index >= 15 is 0 Å². The lowest BCUT2D eigenvalue weighted by molar-refractivity contribution is 0.185. The molecule has 1 aromatic carbocycles. The molecule has 0 saturated carbocycles. The van der Waals surface area contributed by atoms with Crippen molar-refractivity contribution in [2.45, 2.75) is 40.7 Å². The Labute approximate surface area is 152 Å². The highest BCUT2D eigenvalue weighted by Gasteiger charge is 2.19. The van der Waals surface area contributed by atoms with Gasteiger partial charge in [-0.2, -0.15) is 0 Å². The first-order chi connectivity index (χ1) is 12.0. The summed E-state index contributed by atoms with van der Waals surface area (Å²) < 4.78 is 6.94. The Morgan fingerprint density at radius 1 is 1.20 bits per heavy atom. The predicted molar refractivity (Wildman–Crippen MR) is 105 cm³/mol. The second-order valence-electron chi connectivity index (χ2n) is 6.34. The molecule has 0 amide bonds. The highest BCUT2D eigenvalue weighted by molar-refractivity contribution is 7.19. The van der Waals surface area contributed by atoms with Crippen LogP contribution in [0.15, 0.2) is 23.0 Å². The van der Waals surface area contributed by atoms with Crippen LogP contribution in [0.2, 0.25) is 0 Å². The Morgan fingerprint density at radius 3 is 2.60 bits per heavy atom. The number of rotatable bonds is 5. The van der Waals surface area contributed by atoms with Crippen molar-refractivity contribution in [2.24, 2.45) is 0 Å². The van der Waals surface area contributed by atoms with Crippen LogP contribution in [0.3, 0.4) is 0 Å². The van der Waals surface area contributed by atoms with Gasteiger partial charge in [-0.15, -0.1) is 11.3 Å². The lowest BCUT2D eigenvalue weighted by Gasteiger charge is -2.11. The molecule has 0 aliphatic heterocycles. The lowest BCUT2D eigenvalue weighted by atomic mass is 9.99. The van der Waals surface area contributed by atoms with Crippen LogP contribution in [0, 0.1) is 20.8 Å². The average molecular weight is 356 g/mol. The Hall–Kier alpha value is -1.98. The number of hydrogen-bond donors (Lipinski definition) is 0. The van der Waals surface area contributed by atoms with Crippen molar-refractivity contribution in [1.29, 1.82) is 0 Å². The van der Waals surface area contributed by atoms with Crippen LogP contribution in [-0.4, -0.2) is 23.3 Å². The maximum Gasteiger partial charge on any atom is 0.262 e. The smallest absolute Gasteiger partial charge is 0.262 e. The van der Waals surface area contributed by atoms with Crippen molar-refractivity contribution >= 4 is 21.6 Å². The highest BCUT2D eigenvalue weighted by Crippen LogP contribution is 2.36. The molecule has 2 heterocycles. The zero-order valence-electron chi connectivity index (χ0n) is 15.5. The molecule has 0 unspecified atom stereocenters. The second kappa shape index (κ2) is 7.10. The van der Waals surface area contributed by atoms with Gasteiger partial charge in [0.15, 0.2) is 0 Å². The number of thiophene rings is 1. The molecule has 0 atom stereocenters. The summed E-state index contributed by atoms with van der Waals surface area (Å²) in [6, 6.07) is 6.38. The molecule has 0 radical (unpaired) electrons. The van der Waals surface area contributed by atoms with E-state index in [0.717, 1.165) is 38.5 Å². The maximum absolute atomic E-state index is 13.2. The Balaban J connectivity index is 2.31. The van der Waals surface area contributed by atoms with E-state index in [2.05, 4.69) is 39.0 Å². The first kappa shape index (κ1) is 17.8. The van der Waals surface area contributed by atoms with Gasteiger partial charge in [0.25, 0.3) is 5.56 Å². The van der Waals surface area contributed by atoms with Crippen LogP contribution >= 0.6 is 11.3 Å². The fourth-order valence-corrected chi connectivity index (χ4v) is 4.22. The van der Waals surface area contributed by atoms with Gasteiger partial charge in [0.05, 0.1) is 18.5 Å². The highest BCUT2D eigenvalue weighted by atomic mass is 32.1. The monoisotopic (exact) mass is 356 g/mol. The van der Waals surface area contributed by atoms with Crippen LogP contribution in [0.5, 0.6) is 0 Å². The van der Waals surface area contributed by atoms with Crippen molar-refractivity contribution in [3.63, 3.8) is 0 Å². The van der Waals surface area contributed by atoms with Crippen molar-refractivity contribution in [2.75, 3.05) is 13.7 Å². The summed E-state index contributed by atoms with van der Waals surface area (Å²) in [5, 5.41) is 0.735. The topological polar surface area (TPSA) is 44.1 Å². The summed E-state index contributed by atoms with van der Waals surface area (Å²) >= 11 is 1.60. The van der Waals surface area contributed by atoms with Gasteiger partial charge in [0, 0.05) is 24.0 Å². The molecule has 0 saturated heterocycles. The Kier molecular flexibility index (Phi) is 5.06. The zero-order chi connectivity index (χ0) is 18.1. The summed E-state index contributed by atoms with van der Waals surface area (Å²) in [6.07, 6.45) is 0.727. The van der Waals surface area contributed by atoms with E-state index in [1.54, 1.807) is 23.0 Å². The first-order valence-corrected chi connectivity index (χ1v) is 9.39. The van der Waals surface area contributed by atoms with Crippen LogP contribution in [0.1, 0.15) is 28.8 Å². The number of ether oxygens (including phenoxy) is 1. The molecular formula is C20H24N2O2S. The molecule has 4 nitrogen and oxygen atoms in total. The molecular weight excluding hydrogens is 332 g/mol. The third kappa shape index (κ3) is 3.14. The van der Waals surface area contributed by atoms with Gasteiger partial charge in [-0.3, -0.25) is 9.36 Å². The fourth-order valence-electron chi connectivity index (χ4n) is 3.16. The van der Waals surface area contributed by atoms with Crippen molar-refractivity contribution in [1.82, 2.24) is 9.55 Å². The number of nitrogens with zero attached hydrogens (tertiary/aromatic N) is 2. The molecule has 0 bridgehead atoms. The van der Waals surface area contributed by atoms with Gasteiger partial charge in [-0.25, -0.2) is 4.98 Å². The standard InChI is InChI=1S/C20H24N2O2S/c1-6-16-21-19-18(20(23)22(16)9-10-24-5)17(14(4)25-19)15-8-7-12(2)13(3)11-15/h7-8,11H,6,9-10H2,1-5H3. The molecule has 2 aromatic heterocycles. The van der Waals surface area contributed by atoms with Crippen molar-refractivity contribution in [3.8, 4) is 11.1 Å². The minimum Gasteiger partial charge on any atom is -0.383 e. The predicted octanol–water partition coefficient (Wildman–Crippen LogP) is 4.26. The van der Waals surface area contributed by atoms with Crippen LogP contribution in [0.25, 0.3) is 21.3 Å². The number of benzene rings is 1. The summed E-state index contributed by atoms with van der Waals surface area (Å²) in [7, 11) is 1.65. The number of aromatic nitrogens is 2. The van der Waals surface area contributed by atoms with E-state index in [1.165, 1.54) is 11.1 Å². The molecule has 0 aliphatic rings. The van der Waals surface area contributed by atoms with Crippen molar-refractivity contribution in [3.05, 3.63) is 50.4 Å². The minimum absolute atomic E-state index is 0.0384. The quantitative estimate of drug-likeness (QED) is 0.686. The number of aryl methyl sites for hydroxylation is 4. The van der Waals surface area contributed by atoms with E-state index in [0.29, 0.717) is 13.2 Å². The van der Waals surface area contributed by atoms with E-state index in [-0.39, 0.29) is 5.56 Å². The number of methoxy groups -OCH3 is 1. The molecule has 25 heavy (non-hydrogen) atoms. The van der Waals surface area contributed by atoms with E-state index in [9.17, 15) is 4.79 Å². The molecule has 3 rings (SSSR count). The molecule has 132 valence electrons. The molecule has 5 heteroatoms. The fraction of sp³-hybridized carbons (Fsp3) is 0.400. The minimum atomic E-state index is 0.0384. The largest absolute Gasteiger partial charge is 0.383 e. The van der Waals surface area contributed by atoms with Gasteiger partial charge < -0.3 is 4.74 Å². The number of fused-ring (bicyclic) bond motifs is 1. The molecule has 0 N–H and O–H groups in total. The number of hydrogen-bond acceptors (Lipinski definition) is 4. The SMILES string of the molecule is CCc1nc2sc(C)c(-c3ccc(C)c(C)c3)c2c(=O)n1CCOC. The summed E-state index contributed by atoms with van der Waals surface area (Å²) in [5.41, 5.74) is 4.64. The van der Waals surface area contributed by atoms with Gasteiger partial charge in [0.1, 0.15) is 10.7 Å². The maximum atomic E-state index is 13.2. The van der Waals surface area contributed by atoms with Crippen LogP contribution in [-0.2, 0) is 17.7 Å². The van der Waals surface area contributed by atoms with Gasteiger partial charge in [-0.1, -0.05) is 25.1 Å². The molecule has 0 aliphatic carbocycles. The Bertz CT molecular complexity index is 986. The average Bonchev–Trinajstić information content (AvgIpc) is 2.92. The third-order valence-electron chi connectivity index (χ3n) is 4.70. The molecule has 0 spiro atoms. The third-order valence-corrected chi connectivity index (χ3v) is 5.70. The summed E-state index contributed by atoms with van der Waals surface area (Å²) in [5.74, 6) is 0.822. The molecule has 0 fully saturated rings. The van der Waals surface area contributed by atoms with E-state index in [1.807, 2.05) is 6.92 Å². The van der Waals surface area contributed by atoms with E-state index < -0.39 is 0 Å². The van der Waals surface area contributed by atoms with Gasteiger partial charge >= 0.3 is 0 Å².